The minimum absolute atomic E-state index is 0.241. The summed E-state index contributed by atoms with van der Waals surface area (Å²) in [5, 5.41) is 0. The Hall–Kier alpha value is -3.15. The minimum Gasteiger partial charge on any atom is -0.461 e. The van der Waals surface area contributed by atoms with E-state index >= 15 is 0 Å². The molecule has 0 atom stereocenters. The maximum Gasteiger partial charge on any atom is 0.220 e. The molecule has 0 amide bonds. The molecule has 4 aromatic heterocycles. The summed E-state index contributed by atoms with van der Waals surface area (Å²) in [4.78, 5) is 12.6. The third-order valence-electron chi connectivity index (χ3n) is 3.47. The molecular formula is C16H13N5O. The van der Waals surface area contributed by atoms with E-state index < -0.39 is 0 Å². The standard InChI is InChI=1S/C16H13N5O/c1-10-2-4-14(22-10)11-3-5-15-19-8-13(21(15)9-11)12-6-7-18-16(17)20-12/h2-9H,1H3,(H2,17,18,20). The van der Waals surface area contributed by atoms with E-state index in [9.17, 15) is 0 Å². The molecular weight excluding hydrogens is 278 g/mol. The first-order valence-electron chi connectivity index (χ1n) is 6.83. The van der Waals surface area contributed by atoms with Gasteiger partial charge in [-0.05, 0) is 37.3 Å². The monoisotopic (exact) mass is 291 g/mol. The predicted molar refractivity (Wildman–Crippen MR) is 83.1 cm³/mol. The molecule has 2 N–H and O–H groups in total. The van der Waals surface area contributed by atoms with Crippen LogP contribution in [0.5, 0.6) is 0 Å². The van der Waals surface area contributed by atoms with Gasteiger partial charge in [-0.2, -0.15) is 0 Å². The summed E-state index contributed by atoms with van der Waals surface area (Å²) in [5.74, 6) is 1.94. The number of nitrogens with two attached hydrogens (primary N) is 1. The van der Waals surface area contributed by atoms with E-state index in [1.807, 2.05) is 47.9 Å². The molecule has 0 unspecified atom stereocenters. The second-order valence-corrected chi connectivity index (χ2v) is 5.00. The summed E-state index contributed by atoms with van der Waals surface area (Å²) in [6.07, 6.45) is 5.39. The highest BCUT2D eigenvalue weighted by Gasteiger charge is 2.10. The lowest BCUT2D eigenvalue weighted by atomic mass is 10.2. The fourth-order valence-electron chi connectivity index (χ4n) is 2.42. The SMILES string of the molecule is Cc1ccc(-c2ccc3ncc(-c4ccnc(N)n4)n3c2)o1. The predicted octanol–water partition coefficient (Wildman–Crippen LogP) is 2.94. The smallest absolute Gasteiger partial charge is 0.220 e. The molecule has 108 valence electrons. The number of imidazole rings is 1. The van der Waals surface area contributed by atoms with Crippen LogP contribution in [0.15, 0.2) is 53.3 Å². The van der Waals surface area contributed by atoms with Crippen molar-refractivity contribution in [3.05, 3.63) is 54.7 Å². The Kier molecular flexibility index (Phi) is 2.69. The van der Waals surface area contributed by atoms with Crippen molar-refractivity contribution >= 4 is 11.6 Å². The Morgan fingerprint density at radius 3 is 2.77 bits per heavy atom. The van der Waals surface area contributed by atoms with Gasteiger partial charge in [0.05, 0.1) is 17.6 Å². The van der Waals surface area contributed by atoms with Crippen molar-refractivity contribution in [2.45, 2.75) is 6.92 Å². The number of aryl methyl sites for hydroxylation is 1. The van der Waals surface area contributed by atoms with Crippen LogP contribution in [0.4, 0.5) is 5.95 Å². The molecule has 0 saturated carbocycles. The molecule has 22 heavy (non-hydrogen) atoms. The fourth-order valence-corrected chi connectivity index (χ4v) is 2.42. The molecule has 4 aromatic rings. The zero-order valence-electron chi connectivity index (χ0n) is 11.9. The number of pyridine rings is 1. The number of anilines is 1. The zero-order valence-corrected chi connectivity index (χ0v) is 11.9. The number of nitrogens with zero attached hydrogens (tertiary/aromatic N) is 4. The highest BCUT2D eigenvalue weighted by atomic mass is 16.3. The van der Waals surface area contributed by atoms with Gasteiger partial charge in [-0.3, -0.25) is 4.40 Å². The van der Waals surface area contributed by atoms with Crippen molar-refractivity contribution in [1.29, 1.82) is 0 Å². The molecule has 0 radical (unpaired) electrons. The first kappa shape index (κ1) is 12.6. The number of aromatic nitrogens is 4. The summed E-state index contributed by atoms with van der Waals surface area (Å²) in [5.41, 5.74) is 9.06. The van der Waals surface area contributed by atoms with Gasteiger partial charge in [0.15, 0.2) is 0 Å². The Bertz CT molecular complexity index is 970. The van der Waals surface area contributed by atoms with E-state index in [1.54, 1.807) is 12.4 Å². The van der Waals surface area contributed by atoms with E-state index in [1.165, 1.54) is 0 Å². The number of rotatable bonds is 2. The van der Waals surface area contributed by atoms with Crippen LogP contribution in [0, 0.1) is 6.92 Å². The van der Waals surface area contributed by atoms with Gasteiger partial charge in [-0.25, -0.2) is 15.0 Å². The topological polar surface area (TPSA) is 82.2 Å². The molecule has 0 aliphatic carbocycles. The Morgan fingerprint density at radius 1 is 1.09 bits per heavy atom. The van der Waals surface area contributed by atoms with Gasteiger partial charge in [0.25, 0.3) is 0 Å². The van der Waals surface area contributed by atoms with Gasteiger partial charge in [-0.1, -0.05) is 0 Å². The maximum atomic E-state index is 5.68. The molecule has 6 nitrogen and oxygen atoms in total. The Morgan fingerprint density at radius 2 is 2.00 bits per heavy atom. The summed E-state index contributed by atoms with van der Waals surface area (Å²) in [7, 11) is 0. The third-order valence-corrected chi connectivity index (χ3v) is 3.47. The van der Waals surface area contributed by atoms with Crippen LogP contribution in [0.2, 0.25) is 0 Å². The third kappa shape index (κ3) is 2.01. The summed E-state index contributed by atoms with van der Waals surface area (Å²) < 4.78 is 7.65. The van der Waals surface area contributed by atoms with Crippen LogP contribution in [0.25, 0.3) is 28.4 Å². The van der Waals surface area contributed by atoms with E-state index in [0.717, 1.165) is 34.1 Å². The van der Waals surface area contributed by atoms with Gasteiger partial charge in [0, 0.05) is 18.0 Å². The van der Waals surface area contributed by atoms with Crippen molar-refractivity contribution in [2.75, 3.05) is 5.73 Å². The van der Waals surface area contributed by atoms with Crippen LogP contribution < -0.4 is 5.73 Å². The van der Waals surface area contributed by atoms with Crippen LogP contribution in [0.1, 0.15) is 5.76 Å². The van der Waals surface area contributed by atoms with Gasteiger partial charge in [0.2, 0.25) is 5.95 Å². The average molecular weight is 291 g/mol. The fraction of sp³-hybridized carbons (Fsp3) is 0.0625. The van der Waals surface area contributed by atoms with Crippen LogP contribution in [-0.4, -0.2) is 19.4 Å². The van der Waals surface area contributed by atoms with Crippen molar-refractivity contribution in [3.63, 3.8) is 0 Å². The number of furan rings is 1. The quantitative estimate of drug-likeness (QED) is 0.614. The zero-order chi connectivity index (χ0) is 15.1. The number of nitrogen functional groups attached to an aromatic ring is 1. The van der Waals surface area contributed by atoms with Crippen molar-refractivity contribution in [3.8, 4) is 22.7 Å². The largest absolute Gasteiger partial charge is 0.461 e. The average Bonchev–Trinajstić information content (AvgIpc) is 3.12. The molecule has 0 aliphatic rings. The van der Waals surface area contributed by atoms with Gasteiger partial charge >= 0.3 is 0 Å². The lowest BCUT2D eigenvalue weighted by molar-refractivity contribution is 0.548. The van der Waals surface area contributed by atoms with Crippen molar-refractivity contribution < 1.29 is 4.42 Å². The van der Waals surface area contributed by atoms with Crippen molar-refractivity contribution in [1.82, 2.24) is 19.4 Å². The molecule has 0 spiro atoms. The molecule has 0 bridgehead atoms. The number of fused-ring (bicyclic) bond motifs is 1. The van der Waals surface area contributed by atoms with Gasteiger partial charge < -0.3 is 10.2 Å². The number of hydrogen-bond acceptors (Lipinski definition) is 5. The number of hydrogen-bond donors (Lipinski definition) is 1. The normalized spacial score (nSPS) is 11.1. The van der Waals surface area contributed by atoms with Crippen LogP contribution in [-0.2, 0) is 0 Å². The summed E-state index contributed by atoms with van der Waals surface area (Å²) >= 11 is 0. The van der Waals surface area contributed by atoms with Gasteiger partial charge in [-0.15, -0.1) is 0 Å². The van der Waals surface area contributed by atoms with E-state index in [4.69, 9.17) is 10.2 Å². The highest BCUT2D eigenvalue weighted by Crippen LogP contribution is 2.25. The lowest BCUT2D eigenvalue weighted by Crippen LogP contribution is -1.97. The Balaban J connectivity index is 1.90. The Labute approximate surface area is 126 Å². The molecule has 0 aliphatic heterocycles. The maximum absolute atomic E-state index is 5.68. The van der Waals surface area contributed by atoms with E-state index in [2.05, 4.69) is 15.0 Å². The lowest BCUT2D eigenvalue weighted by Gasteiger charge is -2.04. The second-order valence-electron chi connectivity index (χ2n) is 5.00. The first-order valence-corrected chi connectivity index (χ1v) is 6.83. The van der Waals surface area contributed by atoms with Gasteiger partial charge in [0.1, 0.15) is 17.2 Å². The molecule has 0 saturated heterocycles. The molecule has 4 heterocycles. The van der Waals surface area contributed by atoms with Crippen molar-refractivity contribution in [2.24, 2.45) is 0 Å². The highest BCUT2D eigenvalue weighted by molar-refractivity contribution is 5.65. The summed E-state index contributed by atoms with van der Waals surface area (Å²) in [6.45, 7) is 1.92. The summed E-state index contributed by atoms with van der Waals surface area (Å²) in [6, 6.07) is 9.64. The molecule has 0 fully saturated rings. The van der Waals surface area contributed by atoms with Crippen LogP contribution in [0.3, 0.4) is 0 Å². The van der Waals surface area contributed by atoms with E-state index in [-0.39, 0.29) is 5.95 Å². The first-order chi connectivity index (χ1) is 10.7. The van der Waals surface area contributed by atoms with Crippen LogP contribution >= 0.6 is 0 Å². The molecule has 0 aromatic carbocycles. The van der Waals surface area contributed by atoms with E-state index in [0.29, 0.717) is 0 Å². The second kappa shape index (κ2) is 4.70. The molecule has 4 rings (SSSR count). The minimum atomic E-state index is 0.241. The molecule has 6 heteroatoms.